The molecule has 0 aliphatic rings. The van der Waals surface area contributed by atoms with Crippen molar-refractivity contribution in [2.45, 2.75) is 43.8 Å². The van der Waals surface area contributed by atoms with E-state index in [0.29, 0.717) is 6.42 Å². The van der Waals surface area contributed by atoms with Crippen LogP contribution in [0.5, 0.6) is 0 Å². The van der Waals surface area contributed by atoms with Crippen molar-refractivity contribution in [3.8, 4) is 0 Å². The van der Waals surface area contributed by atoms with E-state index in [1.54, 1.807) is 11.8 Å². The lowest BCUT2D eigenvalue weighted by Crippen LogP contribution is -2.55. The highest BCUT2D eigenvalue weighted by molar-refractivity contribution is 7.99. The highest BCUT2D eigenvalue weighted by atomic mass is 32.2. The number of hydrogen-bond donors (Lipinski definition) is 3. The molecule has 0 spiro atoms. The standard InChI is InChI=1S/C16H23N3OS/c1-11(2)19-16(3,15(17)20)8-9-21-14-10-12-6-4-5-7-13(12)18-14/h4-7,10-11,18-19H,8-9H2,1-3H3,(H2,17,20). The number of fused-ring (bicyclic) bond motifs is 1. The van der Waals surface area contributed by atoms with Gasteiger partial charge in [0.2, 0.25) is 5.91 Å². The van der Waals surface area contributed by atoms with Crippen LogP contribution < -0.4 is 11.1 Å². The van der Waals surface area contributed by atoms with Gasteiger partial charge in [-0.15, -0.1) is 11.8 Å². The number of aromatic nitrogens is 1. The van der Waals surface area contributed by atoms with E-state index in [4.69, 9.17) is 5.73 Å². The summed E-state index contributed by atoms with van der Waals surface area (Å²) in [6.45, 7) is 5.92. The minimum atomic E-state index is -0.660. The summed E-state index contributed by atoms with van der Waals surface area (Å²) in [5, 5.41) is 5.60. The smallest absolute Gasteiger partial charge is 0.237 e. The molecule has 1 atom stereocenters. The first-order valence-electron chi connectivity index (χ1n) is 7.19. The zero-order valence-electron chi connectivity index (χ0n) is 12.8. The van der Waals surface area contributed by atoms with Crippen LogP contribution in [-0.2, 0) is 4.79 Å². The number of benzene rings is 1. The summed E-state index contributed by atoms with van der Waals surface area (Å²) in [6, 6.07) is 10.6. The molecule has 5 heteroatoms. The maximum absolute atomic E-state index is 11.7. The molecular formula is C16H23N3OS. The number of amides is 1. The molecule has 1 aromatic carbocycles. The Hall–Kier alpha value is -1.46. The first-order chi connectivity index (χ1) is 9.90. The summed E-state index contributed by atoms with van der Waals surface area (Å²) >= 11 is 1.71. The molecule has 114 valence electrons. The third-order valence-corrected chi connectivity index (χ3v) is 4.46. The summed E-state index contributed by atoms with van der Waals surface area (Å²) in [5.41, 5.74) is 6.02. The topological polar surface area (TPSA) is 70.9 Å². The number of carbonyl (C=O) groups is 1. The largest absolute Gasteiger partial charge is 0.368 e. The fourth-order valence-corrected chi connectivity index (χ4v) is 3.52. The molecule has 4 N–H and O–H groups in total. The Morgan fingerprint density at radius 1 is 1.43 bits per heavy atom. The van der Waals surface area contributed by atoms with E-state index >= 15 is 0 Å². The number of nitrogens with one attached hydrogen (secondary N) is 2. The van der Waals surface area contributed by atoms with Gasteiger partial charge in [0, 0.05) is 22.7 Å². The molecule has 21 heavy (non-hydrogen) atoms. The van der Waals surface area contributed by atoms with Crippen LogP contribution in [0, 0.1) is 0 Å². The average Bonchev–Trinajstić information content (AvgIpc) is 2.80. The average molecular weight is 305 g/mol. The van der Waals surface area contributed by atoms with Gasteiger partial charge >= 0.3 is 0 Å². The van der Waals surface area contributed by atoms with E-state index in [-0.39, 0.29) is 11.9 Å². The van der Waals surface area contributed by atoms with Gasteiger partial charge < -0.3 is 16.0 Å². The molecule has 0 aliphatic carbocycles. The van der Waals surface area contributed by atoms with Gasteiger partial charge in [0.15, 0.2) is 0 Å². The molecule has 4 nitrogen and oxygen atoms in total. The predicted molar refractivity (Wildman–Crippen MR) is 89.5 cm³/mol. The van der Waals surface area contributed by atoms with Gasteiger partial charge in [-0.05, 0) is 39.3 Å². The number of hydrogen-bond acceptors (Lipinski definition) is 3. The highest BCUT2D eigenvalue weighted by Crippen LogP contribution is 2.25. The van der Waals surface area contributed by atoms with E-state index in [1.165, 1.54) is 5.39 Å². The molecule has 1 unspecified atom stereocenters. The van der Waals surface area contributed by atoms with Crippen molar-refractivity contribution < 1.29 is 4.79 Å². The Bertz CT molecular complexity index is 590. The predicted octanol–water partition coefficient (Wildman–Crippen LogP) is 2.89. The normalized spacial score (nSPS) is 14.5. The van der Waals surface area contributed by atoms with Crippen molar-refractivity contribution in [1.29, 1.82) is 0 Å². The Labute approximate surface area is 129 Å². The number of para-hydroxylation sites is 1. The van der Waals surface area contributed by atoms with E-state index < -0.39 is 5.54 Å². The van der Waals surface area contributed by atoms with Crippen LogP contribution >= 0.6 is 11.8 Å². The highest BCUT2D eigenvalue weighted by Gasteiger charge is 2.30. The van der Waals surface area contributed by atoms with Crippen molar-refractivity contribution >= 4 is 28.6 Å². The number of primary amides is 1. The first-order valence-corrected chi connectivity index (χ1v) is 8.17. The molecule has 0 bridgehead atoms. The van der Waals surface area contributed by atoms with Gasteiger partial charge in [0.25, 0.3) is 0 Å². The second-order valence-electron chi connectivity index (χ2n) is 5.81. The molecule has 0 radical (unpaired) electrons. The molecule has 0 aliphatic heterocycles. The Morgan fingerprint density at radius 2 is 2.14 bits per heavy atom. The fourth-order valence-electron chi connectivity index (χ4n) is 2.39. The van der Waals surface area contributed by atoms with Crippen molar-refractivity contribution in [2.24, 2.45) is 5.73 Å². The number of thioether (sulfide) groups is 1. The number of nitrogens with two attached hydrogens (primary N) is 1. The van der Waals surface area contributed by atoms with E-state index in [9.17, 15) is 4.79 Å². The third kappa shape index (κ3) is 4.02. The van der Waals surface area contributed by atoms with Gasteiger partial charge in [-0.1, -0.05) is 18.2 Å². The summed E-state index contributed by atoms with van der Waals surface area (Å²) < 4.78 is 0. The van der Waals surface area contributed by atoms with Crippen LogP contribution in [0.25, 0.3) is 10.9 Å². The Kier molecular flexibility index (Phi) is 4.96. The maximum Gasteiger partial charge on any atom is 0.237 e. The monoisotopic (exact) mass is 305 g/mol. The molecule has 1 amide bonds. The molecule has 0 fully saturated rings. The minimum absolute atomic E-state index is 0.223. The number of H-pyrrole nitrogens is 1. The van der Waals surface area contributed by atoms with Crippen molar-refractivity contribution in [3.05, 3.63) is 30.3 Å². The lowest BCUT2D eigenvalue weighted by Gasteiger charge is -2.29. The van der Waals surface area contributed by atoms with Gasteiger partial charge in [0.05, 0.1) is 10.6 Å². The SMILES string of the molecule is CC(C)NC(C)(CCSc1cc2ccccc2[nH]1)C(N)=O. The van der Waals surface area contributed by atoms with Crippen LogP contribution in [0.4, 0.5) is 0 Å². The van der Waals surface area contributed by atoms with Crippen molar-refractivity contribution in [2.75, 3.05) is 5.75 Å². The number of rotatable bonds is 7. The molecular weight excluding hydrogens is 282 g/mol. The molecule has 2 rings (SSSR count). The van der Waals surface area contributed by atoms with E-state index in [0.717, 1.165) is 16.3 Å². The van der Waals surface area contributed by atoms with Crippen LogP contribution in [0.15, 0.2) is 35.4 Å². The molecule has 0 saturated carbocycles. The first kappa shape index (κ1) is 15.9. The van der Waals surface area contributed by atoms with E-state index in [2.05, 4.69) is 28.5 Å². The fraction of sp³-hybridized carbons (Fsp3) is 0.438. The van der Waals surface area contributed by atoms with Crippen molar-refractivity contribution in [3.63, 3.8) is 0 Å². The zero-order chi connectivity index (χ0) is 15.5. The number of aromatic amines is 1. The lowest BCUT2D eigenvalue weighted by molar-refractivity contribution is -0.124. The van der Waals surface area contributed by atoms with Gasteiger partial charge in [-0.3, -0.25) is 4.79 Å². The minimum Gasteiger partial charge on any atom is -0.368 e. The molecule has 2 aromatic rings. The van der Waals surface area contributed by atoms with Gasteiger partial charge in [-0.2, -0.15) is 0 Å². The maximum atomic E-state index is 11.7. The third-order valence-electron chi connectivity index (χ3n) is 3.52. The molecule has 1 heterocycles. The van der Waals surface area contributed by atoms with Gasteiger partial charge in [0.1, 0.15) is 0 Å². The van der Waals surface area contributed by atoms with Crippen LogP contribution in [0.3, 0.4) is 0 Å². The lowest BCUT2D eigenvalue weighted by atomic mass is 9.97. The second-order valence-corrected chi connectivity index (χ2v) is 6.95. The van der Waals surface area contributed by atoms with Crippen LogP contribution in [0.2, 0.25) is 0 Å². The number of carbonyl (C=O) groups excluding carboxylic acids is 1. The summed E-state index contributed by atoms with van der Waals surface area (Å²) in [7, 11) is 0. The van der Waals surface area contributed by atoms with E-state index in [1.807, 2.05) is 32.9 Å². The van der Waals surface area contributed by atoms with Crippen LogP contribution in [0.1, 0.15) is 27.2 Å². The quantitative estimate of drug-likeness (QED) is 0.689. The Balaban J connectivity index is 1.97. The summed E-state index contributed by atoms with van der Waals surface area (Å²) in [4.78, 5) is 15.1. The summed E-state index contributed by atoms with van der Waals surface area (Å²) in [5.74, 6) is 0.528. The zero-order valence-corrected chi connectivity index (χ0v) is 13.6. The van der Waals surface area contributed by atoms with Crippen molar-refractivity contribution in [1.82, 2.24) is 10.3 Å². The Morgan fingerprint density at radius 3 is 2.76 bits per heavy atom. The van der Waals surface area contributed by atoms with Gasteiger partial charge in [-0.25, -0.2) is 0 Å². The molecule has 1 aromatic heterocycles. The molecule has 0 saturated heterocycles. The van der Waals surface area contributed by atoms with Crippen LogP contribution in [-0.4, -0.2) is 28.2 Å². The second kappa shape index (κ2) is 6.54. The summed E-state index contributed by atoms with van der Waals surface area (Å²) in [6.07, 6.45) is 0.695.